The Balaban J connectivity index is 1.15. The standard InChI is InChI=1S/C38H43Cl2F3N4O2/c39-33-8-6-9-34(40)32(33)26-46-21-19-45(20-22-46)24-27-11-16-31-28(7-2-3-10-36(48)37(44)17-4-1-5-18-37)25-47(35(31)23-27)29-12-14-30(15-13-29)49-38(41,42)43/h6,8-9,11-16,23,25H,1-5,7,10,17-22,24,26,44H2. The van der Waals surface area contributed by atoms with Crippen LogP contribution in [0.25, 0.3) is 16.6 Å². The molecule has 6 rings (SSSR count). The first-order chi connectivity index (χ1) is 23.5. The predicted octanol–water partition coefficient (Wildman–Crippen LogP) is 9.10. The second-order valence-electron chi connectivity index (χ2n) is 13.5. The molecule has 1 saturated heterocycles. The van der Waals surface area contributed by atoms with Crippen LogP contribution >= 0.6 is 23.2 Å². The van der Waals surface area contributed by atoms with Crippen LogP contribution in [0.4, 0.5) is 13.2 Å². The SMILES string of the molecule is NC1(C(=O)CCCCc2cn(-c3ccc(OC(F)(F)F)cc3)c3cc(CN4CCN(Cc5c(Cl)cccc5Cl)CC4)ccc23)CCCCC1. The summed E-state index contributed by atoms with van der Waals surface area (Å²) in [6.07, 6.45) is 4.92. The molecule has 2 fully saturated rings. The van der Waals surface area contributed by atoms with Gasteiger partial charge in [0.1, 0.15) is 5.75 Å². The maximum atomic E-state index is 12.9. The van der Waals surface area contributed by atoms with Crippen LogP contribution in [0.15, 0.2) is 66.9 Å². The van der Waals surface area contributed by atoms with Gasteiger partial charge in [-0.1, -0.05) is 60.7 Å². The van der Waals surface area contributed by atoms with Gasteiger partial charge < -0.3 is 15.0 Å². The predicted molar refractivity (Wildman–Crippen MR) is 190 cm³/mol. The Morgan fingerprint density at radius 1 is 0.857 bits per heavy atom. The number of aryl methyl sites for hydroxylation is 1. The van der Waals surface area contributed by atoms with E-state index in [0.29, 0.717) is 23.0 Å². The van der Waals surface area contributed by atoms with E-state index in [-0.39, 0.29) is 11.5 Å². The maximum Gasteiger partial charge on any atom is 0.573 e. The van der Waals surface area contributed by atoms with Gasteiger partial charge in [-0.05, 0) is 85.7 Å². The molecule has 1 aliphatic carbocycles. The summed E-state index contributed by atoms with van der Waals surface area (Å²) in [6, 6.07) is 18.1. The average Bonchev–Trinajstić information content (AvgIpc) is 3.43. The summed E-state index contributed by atoms with van der Waals surface area (Å²) in [7, 11) is 0. The molecule has 1 saturated carbocycles. The van der Waals surface area contributed by atoms with Crippen molar-refractivity contribution in [3.8, 4) is 11.4 Å². The first-order valence-electron chi connectivity index (χ1n) is 17.2. The second-order valence-corrected chi connectivity index (χ2v) is 14.3. The second kappa shape index (κ2) is 15.4. The summed E-state index contributed by atoms with van der Waals surface area (Å²) in [6.45, 7) is 5.07. The molecule has 2 heterocycles. The van der Waals surface area contributed by atoms with Crippen molar-refractivity contribution in [2.75, 3.05) is 26.2 Å². The molecule has 2 aliphatic rings. The molecule has 1 aliphatic heterocycles. The number of aromatic nitrogens is 1. The Kier molecular flexibility index (Phi) is 11.3. The van der Waals surface area contributed by atoms with E-state index in [1.54, 1.807) is 12.1 Å². The lowest BCUT2D eigenvalue weighted by Gasteiger charge is -2.35. The van der Waals surface area contributed by atoms with Crippen molar-refractivity contribution in [3.63, 3.8) is 0 Å². The van der Waals surface area contributed by atoms with Gasteiger partial charge in [0, 0.05) is 78.6 Å². The molecule has 0 spiro atoms. The van der Waals surface area contributed by atoms with Crippen molar-refractivity contribution in [1.29, 1.82) is 0 Å². The number of ketones is 1. The monoisotopic (exact) mass is 714 g/mol. The van der Waals surface area contributed by atoms with E-state index in [4.69, 9.17) is 28.9 Å². The van der Waals surface area contributed by atoms with Crippen LogP contribution in [-0.4, -0.2) is 58.2 Å². The third kappa shape index (κ3) is 8.99. The highest BCUT2D eigenvalue weighted by atomic mass is 35.5. The zero-order chi connectivity index (χ0) is 34.6. The number of alkyl halides is 3. The number of nitrogens with two attached hydrogens (primary N) is 1. The molecule has 4 aromatic rings. The van der Waals surface area contributed by atoms with E-state index < -0.39 is 11.9 Å². The van der Waals surface area contributed by atoms with Gasteiger partial charge in [0.05, 0.1) is 11.1 Å². The minimum Gasteiger partial charge on any atom is -0.406 e. The fourth-order valence-electron chi connectivity index (χ4n) is 7.24. The largest absolute Gasteiger partial charge is 0.573 e. The molecular weight excluding hydrogens is 672 g/mol. The molecular formula is C38H43Cl2F3N4O2. The zero-order valence-electron chi connectivity index (χ0n) is 27.6. The highest BCUT2D eigenvalue weighted by Gasteiger charge is 2.34. The van der Waals surface area contributed by atoms with E-state index in [9.17, 15) is 18.0 Å². The van der Waals surface area contributed by atoms with Crippen LogP contribution in [0.1, 0.15) is 68.1 Å². The normalized spacial score (nSPS) is 17.4. The lowest BCUT2D eigenvalue weighted by atomic mass is 9.78. The molecule has 0 radical (unpaired) electrons. The number of carbonyl (C=O) groups excluding carboxylic acids is 1. The number of hydrogen-bond acceptors (Lipinski definition) is 5. The first kappa shape index (κ1) is 35.7. The molecule has 262 valence electrons. The average molecular weight is 716 g/mol. The van der Waals surface area contributed by atoms with E-state index in [1.807, 2.05) is 22.8 Å². The van der Waals surface area contributed by atoms with Gasteiger partial charge in [-0.25, -0.2) is 0 Å². The Bertz CT molecular complexity index is 1720. The molecule has 0 amide bonds. The number of Topliss-reactive ketones (excluding diaryl/α,β-unsaturated/α-hetero) is 1. The topological polar surface area (TPSA) is 63.7 Å². The van der Waals surface area contributed by atoms with Gasteiger partial charge in [-0.2, -0.15) is 0 Å². The first-order valence-corrected chi connectivity index (χ1v) is 17.9. The molecule has 0 atom stereocenters. The highest BCUT2D eigenvalue weighted by molar-refractivity contribution is 6.35. The molecule has 1 aromatic heterocycles. The van der Waals surface area contributed by atoms with Crippen LogP contribution < -0.4 is 10.5 Å². The van der Waals surface area contributed by atoms with Crippen LogP contribution in [0.2, 0.25) is 10.0 Å². The fourth-order valence-corrected chi connectivity index (χ4v) is 7.76. The Labute approximate surface area is 295 Å². The van der Waals surface area contributed by atoms with Crippen molar-refractivity contribution >= 4 is 39.9 Å². The summed E-state index contributed by atoms with van der Waals surface area (Å²) in [5.41, 5.74) is 10.8. The van der Waals surface area contributed by atoms with Crippen molar-refractivity contribution in [3.05, 3.63) is 93.6 Å². The number of piperazine rings is 1. The number of benzene rings is 3. The highest BCUT2D eigenvalue weighted by Crippen LogP contribution is 2.32. The van der Waals surface area contributed by atoms with E-state index >= 15 is 0 Å². The van der Waals surface area contributed by atoms with Crippen LogP contribution in [-0.2, 0) is 24.3 Å². The lowest BCUT2D eigenvalue weighted by molar-refractivity contribution is -0.274. The third-order valence-corrected chi connectivity index (χ3v) is 10.7. The quantitative estimate of drug-likeness (QED) is 0.148. The maximum absolute atomic E-state index is 12.9. The van der Waals surface area contributed by atoms with Crippen LogP contribution in [0.5, 0.6) is 5.75 Å². The summed E-state index contributed by atoms with van der Waals surface area (Å²) in [5, 5.41) is 2.46. The number of nitrogens with zero attached hydrogens (tertiary/aromatic N) is 3. The number of ether oxygens (including phenoxy) is 1. The molecule has 2 N–H and O–H groups in total. The minimum atomic E-state index is -4.75. The number of hydrogen-bond donors (Lipinski definition) is 1. The molecule has 49 heavy (non-hydrogen) atoms. The number of halogens is 5. The fraction of sp³-hybridized carbons (Fsp3) is 0.447. The van der Waals surface area contributed by atoms with Gasteiger partial charge in [0.2, 0.25) is 0 Å². The molecule has 0 unspecified atom stereocenters. The smallest absolute Gasteiger partial charge is 0.406 e. The minimum absolute atomic E-state index is 0.175. The van der Waals surface area contributed by atoms with E-state index in [0.717, 1.165) is 117 Å². The van der Waals surface area contributed by atoms with Gasteiger partial charge in [-0.3, -0.25) is 14.6 Å². The van der Waals surface area contributed by atoms with Crippen molar-refractivity contribution < 1.29 is 22.7 Å². The third-order valence-electron chi connectivity index (χ3n) is 10.0. The molecule has 11 heteroatoms. The zero-order valence-corrected chi connectivity index (χ0v) is 29.1. The van der Waals surface area contributed by atoms with Gasteiger partial charge in [0.15, 0.2) is 5.78 Å². The summed E-state index contributed by atoms with van der Waals surface area (Å²) in [4.78, 5) is 17.7. The Morgan fingerprint density at radius 2 is 1.51 bits per heavy atom. The van der Waals surface area contributed by atoms with Crippen LogP contribution in [0, 0.1) is 0 Å². The van der Waals surface area contributed by atoms with E-state index in [1.165, 1.54) is 12.1 Å². The summed E-state index contributed by atoms with van der Waals surface area (Å²) in [5.74, 6) is -0.0844. The molecule has 6 nitrogen and oxygen atoms in total. The molecule has 0 bridgehead atoms. The summed E-state index contributed by atoms with van der Waals surface area (Å²) < 4.78 is 44.6. The molecule has 3 aromatic carbocycles. The van der Waals surface area contributed by atoms with Crippen LogP contribution in [0.3, 0.4) is 0 Å². The Morgan fingerprint density at radius 3 is 2.16 bits per heavy atom. The number of rotatable bonds is 12. The van der Waals surface area contributed by atoms with Gasteiger partial charge in [-0.15, -0.1) is 13.2 Å². The number of carbonyl (C=O) groups is 1. The van der Waals surface area contributed by atoms with Gasteiger partial charge >= 0.3 is 6.36 Å². The van der Waals surface area contributed by atoms with E-state index in [2.05, 4.69) is 38.9 Å². The Hall–Kier alpha value is -3.08. The number of fused-ring (bicyclic) bond motifs is 1. The summed E-state index contributed by atoms with van der Waals surface area (Å²) >= 11 is 12.8. The lowest BCUT2D eigenvalue weighted by Crippen LogP contribution is -2.49. The van der Waals surface area contributed by atoms with Crippen molar-refractivity contribution in [1.82, 2.24) is 14.4 Å². The van der Waals surface area contributed by atoms with Crippen molar-refractivity contribution in [2.24, 2.45) is 5.73 Å². The number of unbranched alkanes of at least 4 members (excludes halogenated alkanes) is 1. The van der Waals surface area contributed by atoms with Crippen molar-refractivity contribution in [2.45, 2.75) is 82.8 Å². The van der Waals surface area contributed by atoms with Gasteiger partial charge in [0.25, 0.3) is 0 Å².